The highest BCUT2D eigenvalue weighted by atomic mass is 32.1. The molecule has 0 bridgehead atoms. The predicted octanol–water partition coefficient (Wildman–Crippen LogP) is 4.89. The molecule has 4 aromatic rings. The molecule has 7 heteroatoms. The number of rotatable bonds is 6. The van der Waals surface area contributed by atoms with Gasteiger partial charge >= 0.3 is 0 Å². The van der Waals surface area contributed by atoms with Crippen molar-refractivity contribution in [3.05, 3.63) is 98.4 Å². The molecular weight excluding hydrogens is 410 g/mol. The number of hydrogen-bond donors (Lipinski definition) is 2. The molecule has 2 heterocycles. The minimum absolute atomic E-state index is 0.0939. The Morgan fingerprint density at radius 1 is 1.19 bits per heavy atom. The van der Waals surface area contributed by atoms with Crippen LogP contribution in [0.2, 0.25) is 0 Å². The van der Waals surface area contributed by atoms with E-state index in [9.17, 15) is 9.59 Å². The van der Waals surface area contributed by atoms with E-state index < -0.39 is 0 Å². The monoisotopic (exact) mass is 433 g/mol. The highest BCUT2D eigenvalue weighted by Gasteiger charge is 2.16. The Balaban J connectivity index is 1.62. The van der Waals surface area contributed by atoms with E-state index in [-0.39, 0.29) is 28.8 Å². The van der Waals surface area contributed by atoms with Crippen molar-refractivity contribution in [3.8, 4) is 0 Å². The quantitative estimate of drug-likeness (QED) is 0.424. The Kier molecular flexibility index (Phi) is 5.86. The maximum atomic E-state index is 12.9. The molecule has 1 amide bonds. The number of nitrogens with one attached hydrogen (secondary N) is 2. The molecule has 2 aromatic heterocycles. The van der Waals surface area contributed by atoms with Gasteiger partial charge in [0.1, 0.15) is 5.76 Å². The molecule has 0 spiro atoms. The fourth-order valence-electron chi connectivity index (χ4n) is 3.56. The van der Waals surface area contributed by atoms with Crippen molar-refractivity contribution in [3.63, 3.8) is 0 Å². The number of hydrogen-bond acceptors (Lipinski definition) is 4. The van der Waals surface area contributed by atoms with E-state index in [1.165, 1.54) is 10.1 Å². The number of benzene rings is 2. The molecule has 0 radical (unpaired) electrons. The average Bonchev–Trinajstić information content (AvgIpc) is 3.28. The Labute approximate surface area is 184 Å². The smallest absolute Gasteiger partial charge is 0.262 e. The zero-order valence-corrected chi connectivity index (χ0v) is 18.2. The lowest BCUT2D eigenvalue weighted by Crippen LogP contribution is -2.28. The van der Waals surface area contributed by atoms with Gasteiger partial charge in [0.2, 0.25) is 0 Å². The standard InChI is InChI=1S/C24H23N3O3S/c1-3-20(16-8-6-15(2)7-9-16)25-22(28)17-10-11-19-21(13-17)26-24(31)27(23(19)29)14-18-5-4-12-30-18/h4-13,20H,3,14H2,1-2H3,(H,25,28)(H,26,31). The molecule has 1 unspecified atom stereocenters. The Morgan fingerprint density at radius 2 is 1.97 bits per heavy atom. The summed E-state index contributed by atoms with van der Waals surface area (Å²) in [6.07, 6.45) is 2.32. The maximum Gasteiger partial charge on any atom is 0.262 e. The molecule has 0 aliphatic carbocycles. The highest BCUT2D eigenvalue weighted by Crippen LogP contribution is 2.19. The first-order chi connectivity index (χ1) is 15.0. The van der Waals surface area contributed by atoms with Crippen LogP contribution in [0.3, 0.4) is 0 Å². The number of aromatic amines is 1. The first-order valence-corrected chi connectivity index (χ1v) is 10.5. The molecule has 158 valence electrons. The molecule has 31 heavy (non-hydrogen) atoms. The third-order valence-corrected chi connectivity index (χ3v) is 5.65. The number of H-pyrrole nitrogens is 1. The number of aryl methyl sites for hydroxylation is 1. The van der Waals surface area contributed by atoms with E-state index in [0.29, 0.717) is 22.2 Å². The predicted molar refractivity (Wildman–Crippen MR) is 123 cm³/mol. The first kappa shape index (κ1) is 20.8. The number of carbonyl (C=O) groups excluding carboxylic acids is 1. The van der Waals surface area contributed by atoms with E-state index >= 15 is 0 Å². The minimum Gasteiger partial charge on any atom is -0.467 e. The van der Waals surface area contributed by atoms with Gasteiger partial charge in [-0.1, -0.05) is 36.8 Å². The van der Waals surface area contributed by atoms with Crippen LogP contribution in [0.1, 0.15) is 46.6 Å². The normalized spacial score (nSPS) is 12.1. The molecule has 1 atom stereocenters. The Hall–Kier alpha value is -3.45. The molecule has 2 aromatic carbocycles. The molecule has 0 aliphatic rings. The molecular formula is C24H23N3O3S. The van der Waals surface area contributed by atoms with Crippen molar-refractivity contribution < 1.29 is 9.21 Å². The summed E-state index contributed by atoms with van der Waals surface area (Å²) in [5.41, 5.74) is 3.00. The van der Waals surface area contributed by atoms with Crippen LogP contribution in [0.25, 0.3) is 10.9 Å². The average molecular weight is 434 g/mol. The van der Waals surface area contributed by atoms with E-state index in [4.69, 9.17) is 16.6 Å². The van der Waals surface area contributed by atoms with Gasteiger partial charge < -0.3 is 14.7 Å². The van der Waals surface area contributed by atoms with Crippen LogP contribution in [-0.4, -0.2) is 15.5 Å². The summed E-state index contributed by atoms with van der Waals surface area (Å²) in [6.45, 7) is 4.31. The van der Waals surface area contributed by atoms with Gasteiger partial charge in [0, 0.05) is 5.56 Å². The lowest BCUT2D eigenvalue weighted by molar-refractivity contribution is 0.0935. The van der Waals surface area contributed by atoms with Crippen LogP contribution in [0.4, 0.5) is 0 Å². The van der Waals surface area contributed by atoms with Gasteiger partial charge in [-0.05, 0) is 61.5 Å². The van der Waals surface area contributed by atoms with Crippen LogP contribution in [0.5, 0.6) is 0 Å². The molecule has 0 saturated heterocycles. The summed E-state index contributed by atoms with van der Waals surface area (Å²) in [6, 6.07) is 16.6. The van der Waals surface area contributed by atoms with Gasteiger partial charge in [-0.15, -0.1) is 0 Å². The SMILES string of the molecule is CCC(NC(=O)c1ccc2c(=O)n(Cc3ccco3)c(=S)[nH]c2c1)c1ccc(C)cc1. The summed E-state index contributed by atoms with van der Waals surface area (Å²) in [5.74, 6) is 0.437. The van der Waals surface area contributed by atoms with Crippen LogP contribution < -0.4 is 10.9 Å². The van der Waals surface area contributed by atoms with Crippen molar-refractivity contribution in [2.24, 2.45) is 0 Å². The summed E-state index contributed by atoms with van der Waals surface area (Å²) < 4.78 is 7.05. The van der Waals surface area contributed by atoms with Crippen LogP contribution >= 0.6 is 12.2 Å². The van der Waals surface area contributed by atoms with Gasteiger partial charge in [-0.2, -0.15) is 0 Å². The first-order valence-electron chi connectivity index (χ1n) is 10.1. The lowest BCUT2D eigenvalue weighted by atomic mass is 10.0. The molecule has 2 N–H and O–H groups in total. The van der Waals surface area contributed by atoms with E-state index in [2.05, 4.69) is 10.3 Å². The van der Waals surface area contributed by atoms with Crippen molar-refractivity contribution in [2.45, 2.75) is 32.9 Å². The Bertz CT molecular complexity index is 1340. The second-order valence-electron chi connectivity index (χ2n) is 7.51. The van der Waals surface area contributed by atoms with Crippen molar-refractivity contribution >= 4 is 29.0 Å². The number of carbonyl (C=O) groups is 1. The van der Waals surface area contributed by atoms with Crippen molar-refractivity contribution in [1.29, 1.82) is 0 Å². The molecule has 0 aliphatic heterocycles. The van der Waals surface area contributed by atoms with Crippen molar-refractivity contribution in [2.75, 3.05) is 0 Å². The van der Waals surface area contributed by atoms with E-state index in [1.807, 2.05) is 38.1 Å². The lowest BCUT2D eigenvalue weighted by Gasteiger charge is -2.18. The van der Waals surface area contributed by atoms with Crippen LogP contribution in [-0.2, 0) is 6.54 Å². The zero-order chi connectivity index (χ0) is 22.0. The van der Waals surface area contributed by atoms with Gasteiger partial charge in [0.25, 0.3) is 11.5 Å². The number of aromatic nitrogens is 2. The fourth-order valence-corrected chi connectivity index (χ4v) is 3.82. The fraction of sp³-hybridized carbons (Fsp3) is 0.208. The number of nitrogens with zero attached hydrogens (tertiary/aromatic N) is 1. The number of amides is 1. The number of fused-ring (bicyclic) bond motifs is 1. The van der Waals surface area contributed by atoms with Gasteiger partial charge in [0.15, 0.2) is 4.77 Å². The molecule has 0 fully saturated rings. The van der Waals surface area contributed by atoms with E-state index in [1.54, 1.807) is 36.6 Å². The minimum atomic E-state index is -0.229. The molecule has 0 saturated carbocycles. The zero-order valence-electron chi connectivity index (χ0n) is 17.3. The third kappa shape index (κ3) is 4.36. The maximum absolute atomic E-state index is 12.9. The molecule has 6 nitrogen and oxygen atoms in total. The summed E-state index contributed by atoms with van der Waals surface area (Å²) in [4.78, 5) is 28.9. The summed E-state index contributed by atoms with van der Waals surface area (Å²) in [5, 5.41) is 3.54. The van der Waals surface area contributed by atoms with Gasteiger partial charge in [0.05, 0.1) is 29.8 Å². The summed E-state index contributed by atoms with van der Waals surface area (Å²) >= 11 is 5.38. The largest absolute Gasteiger partial charge is 0.467 e. The second kappa shape index (κ2) is 8.73. The third-order valence-electron chi connectivity index (χ3n) is 5.33. The summed E-state index contributed by atoms with van der Waals surface area (Å²) in [7, 11) is 0. The number of furan rings is 1. The van der Waals surface area contributed by atoms with Crippen LogP contribution in [0, 0.1) is 11.7 Å². The van der Waals surface area contributed by atoms with E-state index in [0.717, 1.165) is 12.0 Å². The second-order valence-corrected chi connectivity index (χ2v) is 7.89. The van der Waals surface area contributed by atoms with Crippen molar-refractivity contribution in [1.82, 2.24) is 14.9 Å². The highest BCUT2D eigenvalue weighted by molar-refractivity contribution is 7.71. The Morgan fingerprint density at radius 3 is 2.65 bits per heavy atom. The van der Waals surface area contributed by atoms with Gasteiger partial charge in [-0.3, -0.25) is 14.2 Å². The topological polar surface area (TPSA) is 80.0 Å². The van der Waals surface area contributed by atoms with Gasteiger partial charge in [-0.25, -0.2) is 0 Å². The van der Waals surface area contributed by atoms with Crippen LogP contribution in [0.15, 0.2) is 70.1 Å². The molecule has 4 rings (SSSR count).